The molecule has 0 aromatic heterocycles. The number of benzene rings is 1. The smallest absolute Gasteiger partial charge is 0.191 e. The van der Waals surface area contributed by atoms with Crippen molar-refractivity contribution in [3.63, 3.8) is 0 Å². The minimum atomic E-state index is 0. The molecule has 5 nitrogen and oxygen atoms in total. The number of nitrogens with one attached hydrogen (secondary N) is 2. The predicted molar refractivity (Wildman–Crippen MR) is 119 cm³/mol. The summed E-state index contributed by atoms with van der Waals surface area (Å²) in [5.41, 5.74) is 1.64. The number of hydrogen-bond acceptors (Lipinski definition) is 3. The van der Waals surface area contributed by atoms with Crippen molar-refractivity contribution < 1.29 is 4.74 Å². The van der Waals surface area contributed by atoms with Crippen LogP contribution >= 0.6 is 39.9 Å². The van der Waals surface area contributed by atoms with Crippen molar-refractivity contribution in [3.8, 4) is 0 Å². The summed E-state index contributed by atoms with van der Waals surface area (Å²) in [4.78, 5) is 6.58. The molecule has 0 heterocycles. The van der Waals surface area contributed by atoms with E-state index in [0.717, 1.165) is 38.7 Å². The summed E-state index contributed by atoms with van der Waals surface area (Å²) in [7, 11) is 5.65. The number of hydrogen-bond donors (Lipinski definition) is 2. The summed E-state index contributed by atoms with van der Waals surface area (Å²) >= 11 is 3.69. The van der Waals surface area contributed by atoms with Crippen molar-refractivity contribution in [3.05, 3.63) is 34.3 Å². The van der Waals surface area contributed by atoms with Crippen molar-refractivity contribution in [2.24, 2.45) is 4.99 Å². The molecule has 0 unspecified atom stereocenters. The summed E-state index contributed by atoms with van der Waals surface area (Å²) in [6.07, 6.45) is 2.44. The molecule has 0 radical (unpaired) electrons. The minimum absolute atomic E-state index is 0. The lowest BCUT2D eigenvalue weighted by molar-refractivity contribution is 0.162. The third kappa shape index (κ3) is 7.03. The monoisotopic (exact) mass is 524 g/mol. The Morgan fingerprint density at radius 3 is 2.60 bits per heavy atom. The van der Waals surface area contributed by atoms with Gasteiger partial charge in [0, 0.05) is 50.2 Å². The average Bonchev–Trinajstić information content (AvgIpc) is 3.37. The quantitative estimate of drug-likeness (QED) is 0.296. The van der Waals surface area contributed by atoms with Gasteiger partial charge in [-0.05, 0) is 31.5 Å². The largest absolute Gasteiger partial charge is 0.383 e. The number of nitrogens with zero attached hydrogens (tertiary/aromatic N) is 2. The van der Waals surface area contributed by atoms with E-state index in [1.807, 2.05) is 7.05 Å². The van der Waals surface area contributed by atoms with E-state index in [0.29, 0.717) is 0 Å². The maximum atomic E-state index is 5.09. The third-order valence-electron chi connectivity index (χ3n) is 4.58. The molecule has 0 saturated heterocycles. The van der Waals surface area contributed by atoms with Crippen molar-refractivity contribution in [2.75, 3.05) is 54.0 Å². The number of rotatable bonds is 9. The highest BCUT2D eigenvalue weighted by Gasteiger charge is 2.45. The molecule has 25 heavy (non-hydrogen) atoms. The Labute approximate surface area is 177 Å². The molecule has 2 N–H and O–H groups in total. The summed E-state index contributed by atoms with van der Waals surface area (Å²) in [5.74, 6) is 0.869. The van der Waals surface area contributed by atoms with Gasteiger partial charge < -0.3 is 20.3 Å². The fraction of sp³-hybridized carbons (Fsp3) is 0.611. The standard InChI is InChI=1S/C18H29BrN4O.HI/c1-20-17(21-10-11-23(2)12-13-24-3)22-14-18(8-9-18)15-6-4-5-7-16(15)19;/h4-7H,8-14H2,1-3H3,(H2,20,21,22);1H. The summed E-state index contributed by atoms with van der Waals surface area (Å²) in [6.45, 7) is 4.43. The summed E-state index contributed by atoms with van der Waals surface area (Å²) in [5, 5.41) is 6.88. The Balaban J connectivity index is 0.00000312. The van der Waals surface area contributed by atoms with Crippen LogP contribution in [-0.4, -0.2) is 64.9 Å². The number of ether oxygens (including phenoxy) is 1. The first-order chi connectivity index (χ1) is 11.6. The first kappa shape index (κ1) is 22.7. The molecule has 1 aromatic carbocycles. The van der Waals surface area contributed by atoms with Gasteiger partial charge >= 0.3 is 0 Å². The normalized spacial score (nSPS) is 15.6. The molecule has 0 atom stereocenters. The molecule has 1 saturated carbocycles. The number of aliphatic imine (C=N–C) groups is 1. The molecule has 0 bridgehead atoms. The zero-order valence-electron chi connectivity index (χ0n) is 15.3. The van der Waals surface area contributed by atoms with Crippen molar-refractivity contribution in [1.82, 2.24) is 15.5 Å². The highest BCUT2D eigenvalue weighted by molar-refractivity contribution is 14.0. The zero-order valence-corrected chi connectivity index (χ0v) is 19.3. The van der Waals surface area contributed by atoms with E-state index < -0.39 is 0 Å². The van der Waals surface area contributed by atoms with Crippen LogP contribution in [0.2, 0.25) is 0 Å². The number of likely N-dealkylation sites (N-methyl/N-ethyl adjacent to an activating group) is 1. The van der Waals surface area contributed by atoms with Gasteiger partial charge in [0.25, 0.3) is 0 Å². The molecule has 2 rings (SSSR count). The Hall–Kier alpha value is -0.380. The highest BCUT2D eigenvalue weighted by Crippen LogP contribution is 2.49. The van der Waals surface area contributed by atoms with Gasteiger partial charge in [0.15, 0.2) is 5.96 Å². The molecular formula is C18H30BrIN4O. The Morgan fingerprint density at radius 2 is 2.00 bits per heavy atom. The van der Waals surface area contributed by atoms with Gasteiger partial charge in [-0.2, -0.15) is 0 Å². The Morgan fingerprint density at radius 1 is 1.28 bits per heavy atom. The molecule has 1 aromatic rings. The van der Waals surface area contributed by atoms with E-state index in [9.17, 15) is 0 Å². The van der Waals surface area contributed by atoms with Crippen LogP contribution < -0.4 is 10.6 Å². The predicted octanol–water partition coefficient (Wildman–Crippen LogP) is 2.84. The van der Waals surface area contributed by atoms with Gasteiger partial charge in [0.2, 0.25) is 0 Å². The molecule has 1 fully saturated rings. The summed E-state index contributed by atoms with van der Waals surface area (Å²) < 4.78 is 6.29. The first-order valence-electron chi connectivity index (χ1n) is 8.48. The topological polar surface area (TPSA) is 48.9 Å². The second kappa shape index (κ2) is 11.4. The van der Waals surface area contributed by atoms with Crippen molar-refractivity contribution >= 4 is 45.9 Å². The highest BCUT2D eigenvalue weighted by atomic mass is 127. The van der Waals surface area contributed by atoms with E-state index in [4.69, 9.17) is 4.74 Å². The molecule has 0 amide bonds. The van der Waals surface area contributed by atoms with Gasteiger partial charge in [0.1, 0.15) is 0 Å². The summed E-state index contributed by atoms with van der Waals surface area (Å²) in [6, 6.07) is 8.53. The van der Waals surface area contributed by atoms with E-state index in [-0.39, 0.29) is 29.4 Å². The van der Waals surface area contributed by atoms with Crippen molar-refractivity contribution in [1.29, 1.82) is 0 Å². The van der Waals surface area contributed by atoms with Crippen LogP contribution in [-0.2, 0) is 10.2 Å². The second-order valence-electron chi connectivity index (χ2n) is 6.41. The van der Waals surface area contributed by atoms with Crippen molar-refractivity contribution in [2.45, 2.75) is 18.3 Å². The molecule has 0 spiro atoms. The van der Waals surface area contributed by atoms with Gasteiger partial charge in [-0.25, -0.2) is 0 Å². The fourth-order valence-electron chi connectivity index (χ4n) is 2.78. The van der Waals surface area contributed by atoms with Crippen LogP contribution in [0.15, 0.2) is 33.7 Å². The number of methoxy groups -OCH3 is 1. The molecule has 1 aliphatic rings. The Kier molecular flexibility index (Phi) is 10.3. The van der Waals surface area contributed by atoms with E-state index >= 15 is 0 Å². The minimum Gasteiger partial charge on any atom is -0.383 e. The van der Waals surface area contributed by atoms with Crippen LogP contribution in [0.1, 0.15) is 18.4 Å². The van der Waals surface area contributed by atoms with Crippen LogP contribution in [0, 0.1) is 0 Å². The first-order valence-corrected chi connectivity index (χ1v) is 9.27. The van der Waals surface area contributed by atoms with Crippen LogP contribution in [0.5, 0.6) is 0 Å². The molecule has 142 valence electrons. The lowest BCUT2D eigenvalue weighted by Crippen LogP contribution is -2.44. The average molecular weight is 525 g/mol. The van der Waals surface area contributed by atoms with E-state index in [1.165, 1.54) is 22.9 Å². The van der Waals surface area contributed by atoms with Gasteiger partial charge in [-0.3, -0.25) is 4.99 Å². The van der Waals surface area contributed by atoms with E-state index in [2.05, 4.69) is 67.8 Å². The Bertz CT molecular complexity index is 552. The molecule has 7 heteroatoms. The van der Waals surface area contributed by atoms with Crippen LogP contribution in [0.3, 0.4) is 0 Å². The number of halogens is 2. The fourth-order valence-corrected chi connectivity index (χ4v) is 3.49. The van der Waals surface area contributed by atoms with Crippen LogP contribution in [0.4, 0.5) is 0 Å². The molecule has 1 aliphatic carbocycles. The van der Waals surface area contributed by atoms with Gasteiger partial charge in [-0.15, -0.1) is 24.0 Å². The molecular weight excluding hydrogens is 495 g/mol. The maximum Gasteiger partial charge on any atom is 0.191 e. The second-order valence-corrected chi connectivity index (χ2v) is 7.26. The number of guanidine groups is 1. The SMILES string of the molecule is CN=C(NCCN(C)CCOC)NCC1(c2ccccc2Br)CC1.I. The zero-order chi connectivity index (χ0) is 17.4. The third-order valence-corrected chi connectivity index (χ3v) is 5.27. The lowest BCUT2D eigenvalue weighted by Gasteiger charge is -2.21. The molecule has 0 aliphatic heterocycles. The van der Waals surface area contributed by atoms with Gasteiger partial charge in [0.05, 0.1) is 6.61 Å². The van der Waals surface area contributed by atoms with Gasteiger partial charge in [-0.1, -0.05) is 34.1 Å². The van der Waals surface area contributed by atoms with E-state index in [1.54, 1.807) is 7.11 Å². The maximum absolute atomic E-state index is 5.09. The lowest BCUT2D eigenvalue weighted by atomic mass is 9.96. The van der Waals surface area contributed by atoms with Crippen LogP contribution in [0.25, 0.3) is 0 Å².